The van der Waals surface area contributed by atoms with Crippen molar-refractivity contribution >= 4 is 46.5 Å². The highest BCUT2D eigenvalue weighted by Crippen LogP contribution is 2.24. The summed E-state index contributed by atoms with van der Waals surface area (Å²) in [7, 11) is 0. The maximum absolute atomic E-state index is 12.0. The molecule has 2 aromatic heterocycles. The summed E-state index contributed by atoms with van der Waals surface area (Å²) in [6, 6.07) is 6.33. The first kappa shape index (κ1) is 17.1. The maximum Gasteiger partial charge on any atom is 0.378 e. The molecule has 0 saturated heterocycles. The van der Waals surface area contributed by atoms with Crippen LogP contribution < -0.4 is 5.32 Å². The molecule has 3 rings (SSSR count). The number of carbonyl (C=O) groups excluding carboxylic acids is 2. The number of anilines is 1. The first-order valence-corrected chi connectivity index (χ1v) is 7.80. The normalized spacial score (nSPS) is 10.7. The number of amides is 1. The molecule has 0 saturated carbocycles. The zero-order valence-electron chi connectivity index (χ0n) is 12.9. The lowest BCUT2D eigenvalue weighted by atomic mass is 10.3. The van der Waals surface area contributed by atoms with Gasteiger partial charge in [-0.2, -0.15) is 4.98 Å². The van der Waals surface area contributed by atoms with E-state index in [1.54, 1.807) is 31.3 Å². The van der Waals surface area contributed by atoms with Gasteiger partial charge in [-0.1, -0.05) is 23.2 Å². The molecular weight excluding hydrogens is 369 g/mol. The van der Waals surface area contributed by atoms with Crippen molar-refractivity contribution in [2.24, 2.45) is 0 Å². The lowest BCUT2D eigenvalue weighted by Crippen LogP contribution is -2.21. The molecule has 3 aromatic rings. The number of carbonyl (C=O) groups is 2. The number of ether oxygens (including phenoxy) is 1. The van der Waals surface area contributed by atoms with Gasteiger partial charge in [0.25, 0.3) is 17.5 Å². The molecule has 0 aliphatic rings. The van der Waals surface area contributed by atoms with Gasteiger partial charge in [-0.3, -0.25) is 4.79 Å². The molecule has 10 heteroatoms. The van der Waals surface area contributed by atoms with Gasteiger partial charge in [-0.15, -0.1) is 5.10 Å². The number of aromatic nitrogens is 4. The van der Waals surface area contributed by atoms with Crippen LogP contribution in [0.1, 0.15) is 16.3 Å². The van der Waals surface area contributed by atoms with Crippen LogP contribution in [0.4, 0.5) is 5.69 Å². The number of aryl methyl sites for hydroxylation is 1. The minimum Gasteiger partial charge on any atom is -0.450 e. The van der Waals surface area contributed by atoms with Crippen LogP contribution in [-0.2, 0) is 9.53 Å². The Balaban J connectivity index is 1.61. The van der Waals surface area contributed by atoms with E-state index in [2.05, 4.69) is 20.4 Å². The van der Waals surface area contributed by atoms with E-state index in [0.29, 0.717) is 15.7 Å². The maximum atomic E-state index is 12.0. The van der Waals surface area contributed by atoms with E-state index in [-0.39, 0.29) is 11.6 Å². The third-order valence-corrected chi connectivity index (χ3v) is 3.89. The van der Waals surface area contributed by atoms with Crippen molar-refractivity contribution < 1.29 is 14.3 Å². The fourth-order valence-electron chi connectivity index (χ4n) is 1.96. The SMILES string of the molecule is Cc1ccnc2nc(C(=O)OCC(=O)Nc3ccc(Cl)c(Cl)c3)nn12. The molecule has 25 heavy (non-hydrogen) atoms. The number of nitrogens with zero attached hydrogens (tertiary/aromatic N) is 4. The topological polar surface area (TPSA) is 98.5 Å². The summed E-state index contributed by atoms with van der Waals surface area (Å²) >= 11 is 11.7. The van der Waals surface area contributed by atoms with Crippen molar-refractivity contribution in [1.29, 1.82) is 0 Å². The highest BCUT2D eigenvalue weighted by molar-refractivity contribution is 6.42. The Kier molecular flexibility index (Phi) is 4.82. The molecule has 0 spiro atoms. The molecule has 0 aliphatic heterocycles. The first-order valence-electron chi connectivity index (χ1n) is 7.04. The van der Waals surface area contributed by atoms with Crippen LogP contribution >= 0.6 is 23.2 Å². The largest absolute Gasteiger partial charge is 0.450 e. The van der Waals surface area contributed by atoms with Gasteiger partial charge in [0.05, 0.1) is 10.0 Å². The van der Waals surface area contributed by atoms with Crippen molar-refractivity contribution in [3.05, 3.63) is 52.0 Å². The number of rotatable bonds is 4. The summed E-state index contributed by atoms with van der Waals surface area (Å²) in [5, 5.41) is 7.20. The Morgan fingerprint density at radius 1 is 1.24 bits per heavy atom. The number of hydrogen-bond acceptors (Lipinski definition) is 6. The highest BCUT2D eigenvalue weighted by Gasteiger charge is 2.17. The molecule has 0 bridgehead atoms. The Hall–Kier alpha value is -2.71. The monoisotopic (exact) mass is 379 g/mol. The van der Waals surface area contributed by atoms with Gasteiger partial charge in [-0.05, 0) is 31.2 Å². The van der Waals surface area contributed by atoms with Crippen LogP contribution in [0.15, 0.2) is 30.5 Å². The summed E-state index contributed by atoms with van der Waals surface area (Å²) in [5.74, 6) is -1.27. The first-order chi connectivity index (χ1) is 11.9. The lowest BCUT2D eigenvalue weighted by molar-refractivity contribution is -0.119. The molecule has 8 nitrogen and oxygen atoms in total. The van der Waals surface area contributed by atoms with Crippen molar-refractivity contribution in [2.45, 2.75) is 6.92 Å². The second-order valence-corrected chi connectivity index (χ2v) is 5.80. The predicted octanol–water partition coefficient (Wildman–Crippen LogP) is 2.54. The molecule has 0 unspecified atom stereocenters. The van der Waals surface area contributed by atoms with E-state index in [4.69, 9.17) is 27.9 Å². The van der Waals surface area contributed by atoms with Crippen molar-refractivity contribution in [2.75, 3.05) is 11.9 Å². The second kappa shape index (κ2) is 7.04. The van der Waals surface area contributed by atoms with Gasteiger partial charge in [0.1, 0.15) is 0 Å². The van der Waals surface area contributed by atoms with E-state index in [1.807, 2.05) is 0 Å². The number of benzene rings is 1. The van der Waals surface area contributed by atoms with Crippen LogP contribution in [0.5, 0.6) is 0 Å². The molecular formula is C15H11Cl2N5O3. The second-order valence-electron chi connectivity index (χ2n) is 4.99. The van der Waals surface area contributed by atoms with Crippen LogP contribution in [-0.4, -0.2) is 38.1 Å². The minimum atomic E-state index is -0.825. The van der Waals surface area contributed by atoms with Crippen LogP contribution in [0, 0.1) is 6.92 Å². The predicted molar refractivity (Wildman–Crippen MR) is 90.9 cm³/mol. The number of halogens is 2. The molecule has 0 atom stereocenters. The summed E-state index contributed by atoms with van der Waals surface area (Å²) in [6.07, 6.45) is 1.55. The van der Waals surface area contributed by atoms with Crippen LogP contribution in [0.25, 0.3) is 5.78 Å². The fraction of sp³-hybridized carbons (Fsp3) is 0.133. The van der Waals surface area contributed by atoms with E-state index in [1.165, 1.54) is 10.6 Å². The fourth-order valence-corrected chi connectivity index (χ4v) is 2.26. The van der Waals surface area contributed by atoms with Crippen molar-refractivity contribution in [3.63, 3.8) is 0 Å². The molecule has 2 heterocycles. The number of fused-ring (bicyclic) bond motifs is 1. The summed E-state index contributed by atoms with van der Waals surface area (Å²) in [6.45, 7) is 1.30. The smallest absolute Gasteiger partial charge is 0.378 e. The average molecular weight is 380 g/mol. The lowest BCUT2D eigenvalue weighted by Gasteiger charge is -2.06. The van der Waals surface area contributed by atoms with Crippen molar-refractivity contribution in [3.8, 4) is 0 Å². The molecule has 1 amide bonds. The third kappa shape index (κ3) is 3.86. The molecule has 0 fully saturated rings. The zero-order valence-corrected chi connectivity index (χ0v) is 14.4. The molecule has 128 valence electrons. The molecule has 1 aromatic carbocycles. The minimum absolute atomic E-state index is 0.177. The van der Waals surface area contributed by atoms with E-state index in [9.17, 15) is 9.59 Å². The zero-order chi connectivity index (χ0) is 18.0. The summed E-state index contributed by atoms with van der Waals surface area (Å²) in [4.78, 5) is 31.8. The van der Waals surface area contributed by atoms with Gasteiger partial charge >= 0.3 is 5.97 Å². The highest BCUT2D eigenvalue weighted by atomic mass is 35.5. The van der Waals surface area contributed by atoms with Crippen LogP contribution in [0.3, 0.4) is 0 Å². The summed E-state index contributed by atoms with van der Waals surface area (Å²) < 4.78 is 6.32. The Morgan fingerprint density at radius 2 is 2.04 bits per heavy atom. The Labute approximate surface area is 151 Å². The van der Waals surface area contributed by atoms with Gasteiger partial charge < -0.3 is 10.1 Å². The van der Waals surface area contributed by atoms with E-state index in [0.717, 1.165) is 5.69 Å². The van der Waals surface area contributed by atoms with Crippen molar-refractivity contribution in [1.82, 2.24) is 19.6 Å². The van der Waals surface area contributed by atoms with Gasteiger partial charge in [-0.25, -0.2) is 14.3 Å². The molecule has 0 radical (unpaired) electrons. The van der Waals surface area contributed by atoms with Gasteiger partial charge in [0.2, 0.25) is 0 Å². The van der Waals surface area contributed by atoms with Gasteiger partial charge in [0, 0.05) is 17.6 Å². The van der Waals surface area contributed by atoms with Gasteiger partial charge in [0.15, 0.2) is 6.61 Å². The Morgan fingerprint density at radius 3 is 2.76 bits per heavy atom. The molecule has 0 aliphatic carbocycles. The average Bonchev–Trinajstić information content (AvgIpc) is 3.02. The van der Waals surface area contributed by atoms with E-state index < -0.39 is 18.5 Å². The quantitative estimate of drug-likeness (QED) is 0.699. The number of hydrogen-bond donors (Lipinski definition) is 1. The van der Waals surface area contributed by atoms with Crippen LogP contribution in [0.2, 0.25) is 10.0 Å². The number of esters is 1. The standard InChI is InChI=1S/C15H11Cl2N5O3/c1-8-4-5-18-15-20-13(21-22(8)15)14(24)25-7-12(23)19-9-2-3-10(16)11(17)6-9/h2-6H,7H2,1H3,(H,19,23). The third-order valence-electron chi connectivity index (χ3n) is 3.15. The number of nitrogens with one attached hydrogen (secondary N) is 1. The van der Waals surface area contributed by atoms with E-state index >= 15 is 0 Å². The molecule has 1 N–H and O–H groups in total. The Bertz CT molecular complexity index is 973. The summed E-state index contributed by atoms with van der Waals surface area (Å²) in [5.41, 5.74) is 1.19.